The standard InChI is InChI=1S/C15H17N3O5S/c1-3-8-17(10(2)19)13-9-14(20)18(15(13)21)11-4-6-12(7-5-11)24(16,22)23/h3-7,13H,1,8-9H2,2H3,(H2,16,22,23). The van der Waals surface area contributed by atoms with E-state index in [1.54, 1.807) is 0 Å². The fourth-order valence-electron chi connectivity index (χ4n) is 2.53. The van der Waals surface area contributed by atoms with Crippen molar-refractivity contribution in [3.8, 4) is 0 Å². The minimum atomic E-state index is -3.87. The molecule has 3 amide bonds. The molecule has 1 aromatic rings. The summed E-state index contributed by atoms with van der Waals surface area (Å²) < 4.78 is 22.5. The number of sulfonamides is 1. The molecule has 2 rings (SSSR count). The molecule has 0 bridgehead atoms. The number of carbonyl (C=O) groups is 3. The molecule has 1 aliphatic rings. The number of hydrogen-bond donors (Lipinski definition) is 1. The Kier molecular flexibility index (Phi) is 4.86. The lowest BCUT2D eigenvalue weighted by Gasteiger charge is -2.25. The van der Waals surface area contributed by atoms with Gasteiger partial charge in [-0.15, -0.1) is 6.58 Å². The predicted octanol–water partition coefficient (Wildman–Crippen LogP) is 0.000400. The number of nitrogens with two attached hydrogens (primary N) is 1. The van der Waals surface area contributed by atoms with E-state index in [2.05, 4.69) is 6.58 Å². The molecule has 1 heterocycles. The third-order valence-electron chi connectivity index (χ3n) is 3.65. The first-order chi connectivity index (χ1) is 11.2. The van der Waals surface area contributed by atoms with E-state index in [4.69, 9.17) is 5.14 Å². The van der Waals surface area contributed by atoms with Crippen LogP contribution in [0.15, 0.2) is 41.8 Å². The Labute approximate surface area is 139 Å². The average Bonchev–Trinajstić information content (AvgIpc) is 2.78. The van der Waals surface area contributed by atoms with Crippen molar-refractivity contribution in [3.63, 3.8) is 0 Å². The van der Waals surface area contributed by atoms with E-state index in [9.17, 15) is 22.8 Å². The fraction of sp³-hybridized carbons (Fsp3) is 0.267. The molecule has 1 atom stereocenters. The Morgan fingerprint density at radius 3 is 2.42 bits per heavy atom. The van der Waals surface area contributed by atoms with Crippen molar-refractivity contribution in [2.45, 2.75) is 24.3 Å². The molecular weight excluding hydrogens is 334 g/mol. The maximum Gasteiger partial charge on any atom is 0.257 e. The minimum Gasteiger partial charge on any atom is -0.327 e. The van der Waals surface area contributed by atoms with Gasteiger partial charge in [0.25, 0.3) is 5.91 Å². The number of hydrogen-bond acceptors (Lipinski definition) is 5. The molecular formula is C15H17N3O5S. The molecule has 0 saturated carbocycles. The number of rotatable bonds is 5. The van der Waals surface area contributed by atoms with Gasteiger partial charge in [-0.3, -0.25) is 14.4 Å². The van der Waals surface area contributed by atoms with Gasteiger partial charge in [0.05, 0.1) is 17.0 Å². The van der Waals surface area contributed by atoms with Crippen LogP contribution in [0.25, 0.3) is 0 Å². The molecule has 0 spiro atoms. The second-order valence-corrected chi connectivity index (χ2v) is 6.85. The third kappa shape index (κ3) is 3.36. The molecule has 9 heteroatoms. The molecule has 2 N–H and O–H groups in total. The van der Waals surface area contributed by atoms with Gasteiger partial charge in [-0.2, -0.15) is 0 Å². The highest BCUT2D eigenvalue weighted by molar-refractivity contribution is 7.89. The van der Waals surface area contributed by atoms with E-state index < -0.39 is 27.9 Å². The first-order valence-corrected chi connectivity index (χ1v) is 8.59. The molecule has 1 aromatic carbocycles. The SMILES string of the molecule is C=CCN(C(C)=O)C1CC(=O)N(c2ccc(S(N)(=O)=O)cc2)C1=O. The van der Waals surface area contributed by atoms with E-state index in [0.29, 0.717) is 0 Å². The van der Waals surface area contributed by atoms with Crippen LogP contribution in [0.3, 0.4) is 0 Å². The van der Waals surface area contributed by atoms with Gasteiger partial charge in [-0.1, -0.05) is 6.08 Å². The Hall–Kier alpha value is -2.52. The highest BCUT2D eigenvalue weighted by Crippen LogP contribution is 2.26. The molecule has 128 valence electrons. The summed E-state index contributed by atoms with van der Waals surface area (Å²) in [6.07, 6.45) is 1.34. The van der Waals surface area contributed by atoms with E-state index >= 15 is 0 Å². The largest absolute Gasteiger partial charge is 0.327 e. The molecule has 1 saturated heterocycles. The maximum atomic E-state index is 12.6. The van der Waals surface area contributed by atoms with E-state index in [1.165, 1.54) is 42.2 Å². The van der Waals surface area contributed by atoms with E-state index in [1.807, 2.05) is 0 Å². The van der Waals surface area contributed by atoms with Gasteiger partial charge < -0.3 is 4.90 Å². The Morgan fingerprint density at radius 1 is 1.38 bits per heavy atom. The summed E-state index contributed by atoms with van der Waals surface area (Å²) in [4.78, 5) is 38.5. The lowest BCUT2D eigenvalue weighted by atomic mass is 10.2. The van der Waals surface area contributed by atoms with Crippen molar-refractivity contribution in [2.24, 2.45) is 5.14 Å². The van der Waals surface area contributed by atoms with Gasteiger partial charge in [-0.05, 0) is 24.3 Å². The van der Waals surface area contributed by atoms with Crippen molar-refractivity contribution >= 4 is 33.4 Å². The van der Waals surface area contributed by atoms with Crippen LogP contribution < -0.4 is 10.0 Å². The number of anilines is 1. The predicted molar refractivity (Wildman–Crippen MR) is 86.3 cm³/mol. The highest BCUT2D eigenvalue weighted by Gasteiger charge is 2.43. The molecule has 1 unspecified atom stereocenters. The first kappa shape index (κ1) is 17.8. The zero-order valence-corrected chi connectivity index (χ0v) is 13.8. The van der Waals surface area contributed by atoms with Crippen LogP contribution in [-0.2, 0) is 24.4 Å². The molecule has 1 aliphatic heterocycles. The van der Waals surface area contributed by atoms with Gasteiger partial charge in [0, 0.05) is 13.5 Å². The second-order valence-electron chi connectivity index (χ2n) is 5.29. The second kappa shape index (κ2) is 6.54. The Bertz CT molecular complexity index is 801. The van der Waals surface area contributed by atoms with Crippen LogP contribution >= 0.6 is 0 Å². The maximum absolute atomic E-state index is 12.6. The number of benzene rings is 1. The van der Waals surface area contributed by atoms with Crippen LogP contribution in [0.2, 0.25) is 0 Å². The summed E-state index contributed by atoms with van der Waals surface area (Å²) in [6.45, 7) is 5.00. The average molecular weight is 351 g/mol. The number of primary sulfonamides is 1. The van der Waals surface area contributed by atoms with E-state index in [-0.39, 0.29) is 29.5 Å². The summed E-state index contributed by atoms with van der Waals surface area (Å²) >= 11 is 0. The van der Waals surface area contributed by atoms with Crippen LogP contribution in [0.5, 0.6) is 0 Å². The van der Waals surface area contributed by atoms with Gasteiger partial charge in [-0.25, -0.2) is 18.5 Å². The van der Waals surface area contributed by atoms with E-state index in [0.717, 1.165) is 4.90 Å². The lowest BCUT2D eigenvalue weighted by molar-refractivity contribution is -0.135. The quantitative estimate of drug-likeness (QED) is 0.592. The van der Waals surface area contributed by atoms with Crippen molar-refractivity contribution in [1.29, 1.82) is 0 Å². The molecule has 1 fully saturated rings. The van der Waals surface area contributed by atoms with Crippen molar-refractivity contribution in [1.82, 2.24) is 4.90 Å². The summed E-state index contributed by atoms with van der Waals surface area (Å²) in [6, 6.07) is 4.18. The molecule has 24 heavy (non-hydrogen) atoms. The van der Waals surface area contributed by atoms with Crippen LogP contribution in [0, 0.1) is 0 Å². The van der Waals surface area contributed by atoms with Gasteiger partial charge in [0.15, 0.2) is 0 Å². The molecule has 0 aliphatic carbocycles. The highest BCUT2D eigenvalue weighted by atomic mass is 32.2. The molecule has 8 nitrogen and oxygen atoms in total. The lowest BCUT2D eigenvalue weighted by Crippen LogP contribution is -2.44. The number of nitrogens with zero attached hydrogens (tertiary/aromatic N) is 2. The number of amides is 3. The molecule has 0 aromatic heterocycles. The summed E-state index contributed by atoms with van der Waals surface area (Å²) in [5, 5.41) is 5.01. The third-order valence-corrected chi connectivity index (χ3v) is 4.58. The Morgan fingerprint density at radius 2 is 1.96 bits per heavy atom. The number of imide groups is 1. The smallest absolute Gasteiger partial charge is 0.257 e. The summed E-state index contributed by atoms with van der Waals surface area (Å²) in [7, 11) is -3.87. The Balaban J connectivity index is 2.32. The first-order valence-electron chi connectivity index (χ1n) is 7.04. The fourth-order valence-corrected chi connectivity index (χ4v) is 3.05. The van der Waals surface area contributed by atoms with Crippen LogP contribution in [0.1, 0.15) is 13.3 Å². The van der Waals surface area contributed by atoms with Crippen molar-refractivity contribution in [2.75, 3.05) is 11.4 Å². The summed E-state index contributed by atoms with van der Waals surface area (Å²) in [5.74, 6) is -1.35. The zero-order chi connectivity index (χ0) is 18.1. The zero-order valence-electron chi connectivity index (χ0n) is 13.0. The van der Waals surface area contributed by atoms with Crippen molar-refractivity contribution < 1.29 is 22.8 Å². The summed E-state index contributed by atoms with van der Waals surface area (Å²) in [5.41, 5.74) is 0.224. The normalized spacial score (nSPS) is 17.9. The topological polar surface area (TPSA) is 118 Å². The van der Waals surface area contributed by atoms with Gasteiger partial charge in [0.1, 0.15) is 6.04 Å². The van der Waals surface area contributed by atoms with Gasteiger partial charge in [0.2, 0.25) is 21.8 Å². The van der Waals surface area contributed by atoms with Crippen molar-refractivity contribution in [3.05, 3.63) is 36.9 Å². The minimum absolute atomic E-state index is 0.126. The monoisotopic (exact) mass is 351 g/mol. The van der Waals surface area contributed by atoms with Crippen LogP contribution in [0.4, 0.5) is 5.69 Å². The number of carbonyl (C=O) groups excluding carboxylic acids is 3. The van der Waals surface area contributed by atoms with Gasteiger partial charge >= 0.3 is 0 Å². The van der Waals surface area contributed by atoms with Crippen LogP contribution in [-0.4, -0.2) is 43.6 Å². The molecule has 0 radical (unpaired) electrons.